The van der Waals surface area contributed by atoms with Crippen molar-refractivity contribution < 1.29 is 4.65 Å². The Morgan fingerprint density at radius 1 is 1.11 bits per heavy atom. The quantitative estimate of drug-likeness (QED) is 0.793. The molecule has 0 bridgehead atoms. The summed E-state index contributed by atoms with van der Waals surface area (Å²) >= 11 is 6.21. The van der Waals surface area contributed by atoms with E-state index in [4.69, 9.17) is 16.3 Å². The van der Waals surface area contributed by atoms with Crippen LogP contribution in [0.4, 0.5) is 0 Å². The summed E-state index contributed by atoms with van der Waals surface area (Å²) in [5, 5.41) is 4.15. The SMILES string of the molecule is CC1NB(c2ccccc2Cl)Oc2ccccc21. The molecule has 3 rings (SSSR count). The Kier molecular flexibility index (Phi) is 3.02. The summed E-state index contributed by atoms with van der Waals surface area (Å²) in [5.41, 5.74) is 2.15. The van der Waals surface area contributed by atoms with Gasteiger partial charge in [-0.05, 0) is 19.1 Å². The van der Waals surface area contributed by atoms with Crippen LogP contribution in [0.3, 0.4) is 0 Å². The third-order valence-corrected chi connectivity index (χ3v) is 3.56. The Bertz CT molecular complexity index is 575. The molecule has 18 heavy (non-hydrogen) atoms. The average molecular weight is 258 g/mol. The van der Waals surface area contributed by atoms with E-state index in [1.807, 2.05) is 42.5 Å². The summed E-state index contributed by atoms with van der Waals surface area (Å²) in [6.07, 6.45) is 0. The van der Waals surface area contributed by atoms with Gasteiger partial charge in [0.2, 0.25) is 0 Å². The maximum Gasteiger partial charge on any atom is 0.484 e. The van der Waals surface area contributed by atoms with Gasteiger partial charge < -0.3 is 9.88 Å². The predicted molar refractivity (Wildman–Crippen MR) is 75.5 cm³/mol. The van der Waals surface area contributed by atoms with Crippen LogP contribution in [-0.2, 0) is 0 Å². The molecule has 0 aromatic heterocycles. The van der Waals surface area contributed by atoms with Gasteiger partial charge in [-0.2, -0.15) is 0 Å². The molecule has 0 saturated carbocycles. The Morgan fingerprint density at radius 2 is 1.83 bits per heavy atom. The smallest absolute Gasteiger partial charge is 0.484 e. The van der Waals surface area contributed by atoms with Crippen molar-refractivity contribution in [3.8, 4) is 5.75 Å². The van der Waals surface area contributed by atoms with E-state index in [9.17, 15) is 0 Å². The van der Waals surface area contributed by atoms with Crippen molar-refractivity contribution in [3.63, 3.8) is 0 Å². The van der Waals surface area contributed by atoms with Gasteiger partial charge in [0.1, 0.15) is 5.75 Å². The van der Waals surface area contributed by atoms with Crippen LogP contribution >= 0.6 is 11.6 Å². The lowest BCUT2D eigenvalue weighted by Crippen LogP contribution is -2.53. The summed E-state index contributed by atoms with van der Waals surface area (Å²) in [4.78, 5) is 0. The van der Waals surface area contributed by atoms with Crippen LogP contribution in [-0.4, -0.2) is 7.05 Å². The highest BCUT2D eigenvalue weighted by atomic mass is 35.5. The van der Waals surface area contributed by atoms with Crippen LogP contribution in [0, 0.1) is 0 Å². The average Bonchev–Trinajstić information content (AvgIpc) is 2.39. The molecule has 2 aromatic carbocycles. The van der Waals surface area contributed by atoms with Crippen LogP contribution < -0.4 is 15.3 Å². The van der Waals surface area contributed by atoms with Crippen molar-refractivity contribution in [2.45, 2.75) is 13.0 Å². The molecule has 1 atom stereocenters. The second-order valence-corrected chi connectivity index (χ2v) is 4.85. The molecule has 1 aliphatic rings. The first kappa shape index (κ1) is 11.6. The van der Waals surface area contributed by atoms with Gasteiger partial charge in [0.05, 0.1) is 0 Å². The van der Waals surface area contributed by atoms with Crippen molar-refractivity contribution >= 4 is 24.1 Å². The maximum atomic E-state index is 6.21. The zero-order valence-electron chi connectivity index (χ0n) is 10.1. The summed E-state index contributed by atoms with van der Waals surface area (Å²) in [6, 6.07) is 16.1. The Morgan fingerprint density at radius 3 is 2.67 bits per heavy atom. The molecule has 1 unspecified atom stereocenters. The van der Waals surface area contributed by atoms with Crippen molar-refractivity contribution in [2.24, 2.45) is 0 Å². The molecular formula is C14H13BClNO. The maximum absolute atomic E-state index is 6.21. The van der Waals surface area contributed by atoms with Crippen LogP contribution in [0.25, 0.3) is 0 Å². The molecule has 1 heterocycles. The van der Waals surface area contributed by atoms with Crippen molar-refractivity contribution in [1.82, 2.24) is 5.23 Å². The lowest BCUT2D eigenvalue weighted by Gasteiger charge is -2.30. The van der Waals surface area contributed by atoms with E-state index in [0.29, 0.717) is 0 Å². The molecule has 2 nitrogen and oxygen atoms in total. The highest BCUT2D eigenvalue weighted by molar-refractivity contribution is 6.69. The lowest BCUT2D eigenvalue weighted by molar-refractivity contribution is 0.492. The Labute approximate surface area is 112 Å². The number of benzene rings is 2. The standard InChI is InChI=1S/C14H13BClNO/c1-10-11-6-2-5-9-14(11)18-15(17-10)12-7-3-4-8-13(12)16/h2-10,17H,1H3. The number of hydrogen-bond acceptors (Lipinski definition) is 2. The first-order valence-electron chi connectivity index (χ1n) is 6.02. The molecule has 4 heteroatoms. The van der Waals surface area contributed by atoms with Crippen LogP contribution in [0.1, 0.15) is 18.5 Å². The van der Waals surface area contributed by atoms with E-state index >= 15 is 0 Å². The zero-order chi connectivity index (χ0) is 12.5. The Balaban J connectivity index is 1.97. The molecule has 0 aliphatic carbocycles. The topological polar surface area (TPSA) is 21.3 Å². The highest BCUT2D eigenvalue weighted by Crippen LogP contribution is 2.29. The summed E-state index contributed by atoms with van der Waals surface area (Å²) in [5.74, 6) is 0.925. The van der Waals surface area contributed by atoms with Gasteiger partial charge in [0.15, 0.2) is 0 Å². The highest BCUT2D eigenvalue weighted by Gasteiger charge is 2.31. The fraction of sp³-hybridized carbons (Fsp3) is 0.143. The molecule has 2 aromatic rings. The first-order valence-corrected chi connectivity index (χ1v) is 6.39. The number of rotatable bonds is 1. The normalized spacial score (nSPS) is 18.1. The second kappa shape index (κ2) is 4.67. The van der Waals surface area contributed by atoms with Gasteiger partial charge in [0.25, 0.3) is 0 Å². The molecule has 1 aliphatic heterocycles. The largest absolute Gasteiger partial charge is 0.542 e. The third-order valence-electron chi connectivity index (χ3n) is 3.22. The van der Waals surface area contributed by atoms with Crippen LogP contribution in [0.5, 0.6) is 5.75 Å². The van der Waals surface area contributed by atoms with Gasteiger partial charge in [-0.1, -0.05) is 48.0 Å². The first-order chi connectivity index (χ1) is 8.75. The van der Waals surface area contributed by atoms with Gasteiger partial charge in [-0.25, -0.2) is 0 Å². The summed E-state index contributed by atoms with van der Waals surface area (Å²) < 4.78 is 5.97. The number of halogens is 1. The monoisotopic (exact) mass is 257 g/mol. The van der Waals surface area contributed by atoms with Gasteiger partial charge in [0, 0.05) is 22.1 Å². The number of fused-ring (bicyclic) bond motifs is 1. The van der Waals surface area contributed by atoms with E-state index in [1.165, 1.54) is 5.56 Å². The third kappa shape index (κ3) is 2.00. The van der Waals surface area contributed by atoms with Gasteiger partial charge in [-0.15, -0.1) is 0 Å². The fourth-order valence-electron chi connectivity index (χ4n) is 2.26. The molecule has 0 saturated heterocycles. The van der Waals surface area contributed by atoms with E-state index in [0.717, 1.165) is 16.2 Å². The van der Waals surface area contributed by atoms with E-state index in [1.54, 1.807) is 0 Å². The van der Waals surface area contributed by atoms with Gasteiger partial charge >= 0.3 is 7.05 Å². The minimum atomic E-state index is -0.191. The van der Waals surface area contributed by atoms with Crippen molar-refractivity contribution in [2.75, 3.05) is 0 Å². The van der Waals surface area contributed by atoms with E-state index < -0.39 is 0 Å². The molecular weight excluding hydrogens is 244 g/mol. The van der Waals surface area contributed by atoms with Crippen molar-refractivity contribution in [3.05, 3.63) is 59.1 Å². The number of nitrogens with one attached hydrogen (secondary N) is 1. The van der Waals surface area contributed by atoms with Gasteiger partial charge in [-0.3, -0.25) is 0 Å². The minimum absolute atomic E-state index is 0.191. The fourth-order valence-corrected chi connectivity index (χ4v) is 2.50. The predicted octanol–water partition coefficient (Wildman–Crippen LogP) is 2.78. The number of para-hydroxylation sites is 1. The minimum Gasteiger partial charge on any atom is -0.542 e. The number of hydrogen-bond donors (Lipinski definition) is 1. The van der Waals surface area contributed by atoms with E-state index in [2.05, 4.69) is 18.2 Å². The zero-order valence-corrected chi connectivity index (χ0v) is 10.8. The molecule has 0 radical (unpaired) electrons. The van der Waals surface area contributed by atoms with E-state index in [-0.39, 0.29) is 13.1 Å². The molecule has 0 spiro atoms. The summed E-state index contributed by atoms with van der Waals surface area (Å²) in [7, 11) is -0.191. The lowest BCUT2D eigenvalue weighted by atomic mass is 9.70. The Hall–Kier alpha value is -1.45. The molecule has 0 amide bonds. The second-order valence-electron chi connectivity index (χ2n) is 4.45. The van der Waals surface area contributed by atoms with Crippen LogP contribution in [0.2, 0.25) is 5.02 Å². The van der Waals surface area contributed by atoms with Crippen molar-refractivity contribution in [1.29, 1.82) is 0 Å². The summed E-state index contributed by atoms with van der Waals surface area (Å²) in [6.45, 7) is 2.13. The van der Waals surface area contributed by atoms with Crippen LogP contribution in [0.15, 0.2) is 48.5 Å². The molecule has 1 N–H and O–H groups in total. The molecule has 0 fully saturated rings. The molecule has 90 valence electrons.